The largest absolute Gasteiger partial charge is 0.463 e. The Hall–Kier alpha value is -8.47. The molecule has 43 heteroatoms. The number of carbonyl (C=O) groups is 15. The molecule has 0 aromatic heterocycles. The average Bonchev–Trinajstić information content (AvgIpc) is 0.785. The summed E-state index contributed by atoms with van der Waals surface area (Å²) >= 11 is 0. The predicted octanol–water partition coefficient (Wildman–Crippen LogP) is -2.32. The molecule has 113 heavy (non-hydrogen) atoms. The van der Waals surface area contributed by atoms with Crippen molar-refractivity contribution in [3.05, 3.63) is 0 Å². The number of rotatable bonds is 62. The van der Waals surface area contributed by atoms with E-state index in [1.165, 1.54) is 34.6 Å². The predicted molar refractivity (Wildman–Crippen MR) is 382 cm³/mol. The molecular weight excluding hydrogens is 1510 g/mol. The first kappa shape index (κ1) is 103. The van der Waals surface area contributed by atoms with Crippen molar-refractivity contribution in [3.8, 4) is 0 Å². The van der Waals surface area contributed by atoms with E-state index in [-0.39, 0.29) is 170 Å². The van der Waals surface area contributed by atoms with Crippen molar-refractivity contribution in [1.29, 1.82) is 0 Å². The second-order valence-corrected chi connectivity index (χ2v) is 25.3. The highest BCUT2D eigenvalue weighted by Crippen LogP contribution is 2.29. The fourth-order valence-electron chi connectivity index (χ4n) is 10.0. The van der Waals surface area contributed by atoms with Gasteiger partial charge in [0.05, 0.1) is 111 Å². The van der Waals surface area contributed by atoms with Gasteiger partial charge < -0.3 is 137 Å². The van der Waals surface area contributed by atoms with Crippen molar-refractivity contribution < 1.29 is 171 Å². The smallest absolute Gasteiger partial charge is 0.305 e. The molecule has 648 valence electrons. The van der Waals surface area contributed by atoms with E-state index in [1.807, 2.05) is 0 Å². The van der Waals surface area contributed by atoms with Crippen LogP contribution in [0.1, 0.15) is 135 Å². The van der Waals surface area contributed by atoms with Crippen LogP contribution in [0.4, 0.5) is 0 Å². The Morgan fingerprint density at radius 2 is 0.708 bits per heavy atom. The van der Waals surface area contributed by atoms with Gasteiger partial charge in [0.15, 0.2) is 43.2 Å². The lowest BCUT2D eigenvalue weighted by Gasteiger charge is -2.44. The third-order valence-electron chi connectivity index (χ3n) is 14.8. The molecular formula is C70H117N7O36. The lowest BCUT2D eigenvalue weighted by molar-refractivity contribution is -0.279. The Labute approximate surface area is 655 Å². The fourth-order valence-corrected chi connectivity index (χ4v) is 10.0. The molecule has 0 radical (unpaired) electrons. The topological polar surface area (TPSA) is 548 Å². The van der Waals surface area contributed by atoms with Gasteiger partial charge in [-0.25, -0.2) is 0 Å². The van der Waals surface area contributed by atoms with E-state index in [9.17, 15) is 71.9 Å². The SMILES string of the molecule is CC(=O)NC(C(OC(C)=O)OC(C)=O)C(OCCOCCOCCNC(=O)CCC(N)(CCC(=O)NCCOCCOCCOC(OC(C)COC(C)=O)C(NC(C)=O)C(OC(C)=O)OC(C)=O)CCC(=O)NCCOCCOCCOC1OC(COC(C)=O)C(OC(C)=O)C(OC(C)=O)C1NC(C)=O)OC(C)COC(C)=O. The van der Waals surface area contributed by atoms with Gasteiger partial charge in [0.2, 0.25) is 35.4 Å². The second kappa shape index (κ2) is 59.3. The maximum absolute atomic E-state index is 13.2. The number of amides is 6. The molecule has 1 rings (SSSR count). The van der Waals surface area contributed by atoms with Crippen LogP contribution in [0.2, 0.25) is 0 Å². The fraction of sp³-hybridized carbons (Fsp3) is 0.786. The summed E-state index contributed by atoms with van der Waals surface area (Å²) in [5, 5.41) is 15.9. The normalized spacial score (nSPS) is 17.3. The zero-order chi connectivity index (χ0) is 84.8. The number of esters is 9. The third-order valence-corrected chi connectivity index (χ3v) is 14.8. The molecule has 0 aromatic carbocycles. The van der Waals surface area contributed by atoms with Crippen LogP contribution in [0, 0.1) is 0 Å². The minimum Gasteiger partial charge on any atom is -0.463 e. The monoisotopic (exact) mass is 1630 g/mol. The molecule has 0 spiro atoms. The van der Waals surface area contributed by atoms with E-state index >= 15 is 0 Å². The molecule has 43 nitrogen and oxygen atoms in total. The highest BCUT2D eigenvalue weighted by molar-refractivity contribution is 5.78. The number of nitrogens with one attached hydrogen (secondary N) is 6. The van der Waals surface area contributed by atoms with E-state index in [0.29, 0.717) is 0 Å². The molecule has 1 heterocycles. The minimum atomic E-state index is -1.68. The standard InChI is InChI=1S/C70H117N7O36/c1-42(39-102-47(6)81)105-66(61(76-45(4)79)68(109-52(11)86)110-53(12)87)100-37-34-97-31-28-94-25-22-73-58(91)16-19-70(71,20-17-59(92)74-23-26-95-29-32-98-35-38-101-67(106-43(2)40-103-48(7)82)62(77-46(5)80)69(111-54(13)88)112-55(14)89)18-15-57(90)72-21-24-93-27-30-96-33-36-99-65-60(75-44(3)78)64(108-51(10)85)63(107-50(9)84)56(113-65)41-104-49(8)83/h42-43,56,60-69H,15-41,71H2,1-14H3,(H,72,90)(H,73,91)(H,74,92)(H,75,78)(H,76,79)(H,77,80). The Bertz CT molecular complexity index is 2780. The molecule has 0 aliphatic carbocycles. The summed E-state index contributed by atoms with van der Waals surface area (Å²) in [6, 6.07) is -3.95. The Morgan fingerprint density at radius 1 is 0.381 bits per heavy atom. The summed E-state index contributed by atoms with van der Waals surface area (Å²) < 4.78 is 116. The van der Waals surface area contributed by atoms with Crippen molar-refractivity contribution >= 4 is 89.2 Å². The summed E-state index contributed by atoms with van der Waals surface area (Å²) in [5.41, 5.74) is 5.69. The van der Waals surface area contributed by atoms with Crippen molar-refractivity contribution in [2.45, 2.75) is 221 Å². The van der Waals surface area contributed by atoms with Crippen molar-refractivity contribution in [3.63, 3.8) is 0 Å². The first-order chi connectivity index (χ1) is 53.4. The Balaban J connectivity index is 2.95. The van der Waals surface area contributed by atoms with Crippen LogP contribution in [0.3, 0.4) is 0 Å². The van der Waals surface area contributed by atoms with Crippen LogP contribution in [0.15, 0.2) is 0 Å². The van der Waals surface area contributed by atoms with Gasteiger partial charge in [-0.1, -0.05) is 0 Å². The average molecular weight is 1630 g/mol. The lowest BCUT2D eigenvalue weighted by Crippen LogP contribution is -2.66. The highest BCUT2D eigenvalue weighted by Gasteiger charge is 2.51. The molecule has 0 aromatic rings. The summed E-state index contributed by atoms with van der Waals surface area (Å²) in [4.78, 5) is 183. The van der Waals surface area contributed by atoms with E-state index in [0.717, 1.165) is 62.3 Å². The number of hydrogen-bond donors (Lipinski definition) is 7. The first-order valence-corrected chi connectivity index (χ1v) is 36.5. The van der Waals surface area contributed by atoms with Crippen LogP contribution >= 0.6 is 0 Å². The Kier molecular flexibility index (Phi) is 53.8. The molecule has 1 aliphatic rings. The van der Waals surface area contributed by atoms with Crippen LogP contribution in [-0.4, -0.2) is 313 Å². The molecule has 8 N–H and O–H groups in total. The molecule has 1 fully saturated rings. The molecule has 1 aliphatic heterocycles. The van der Waals surface area contributed by atoms with Gasteiger partial charge in [-0.3, -0.25) is 71.9 Å². The molecule has 6 amide bonds. The van der Waals surface area contributed by atoms with Crippen LogP contribution < -0.4 is 37.6 Å². The summed E-state index contributed by atoms with van der Waals surface area (Å²) in [5.74, 6) is -9.79. The van der Waals surface area contributed by atoms with Gasteiger partial charge >= 0.3 is 53.7 Å². The van der Waals surface area contributed by atoms with Crippen LogP contribution in [0.5, 0.6) is 0 Å². The highest BCUT2D eigenvalue weighted by atomic mass is 16.8. The maximum Gasteiger partial charge on any atom is 0.305 e. The van der Waals surface area contributed by atoms with E-state index < -0.39 is 181 Å². The lowest BCUT2D eigenvalue weighted by atomic mass is 9.84. The third kappa shape index (κ3) is 51.8. The molecule has 0 saturated carbocycles. The van der Waals surface area contributed by atoms with E-state index in [2.05, 4.69) is 31.9 Å². The second-order valence-electron chi connectivity index (χ2n) is 25.3. The van der Waals surface area contributed by atoms with Crippen molar-refractivity contribution in [1.82, 2.24) is 31.9 Å². The number of carbonyl (C=O) groups excluding carboxylic acids is 15. The number of nitrogens with two attached hydrogens (primary N) is 1. The quantitative estimate of drug-likeness (QED) is 0.0145. The minimum absolute atomic E-state index is 0.0182. The van der Waals surface area contributed by atoms with E-state index in [4.69, 9.17) is 105 Å². The van der Waals surface area contributed by atoms with Crippen LogP contribution in [0.25, 0.3) is 0 Å². The molecule has 0 bridgehead atoms. The molecule has 1 saturated heterocycles. The van der Waals surface area contributed by atoms with Gasteiger partial charge in [0.1, 0.15) is 32.0 Å². The summed E-state index contributed by atoms with van der Waals surface area (Å²) in [6.07, 6.45) is -13.1. The zero-order valence-corrected chi connectivity index (χ0v) is 66.9. The zero-order valence-electron chi connectivity index (χ0n) is 66.9. The number of ether oxygens (including phenoxy) is 21. The molecule has 11 unspecified atom stereocenters. The van der Waals surface area contributed by atoms with Gasteiger partial charge in [-0.2, -0.15) is 0 Å². The van der Waals surface area contributed by atoms with Gasteiger partial charge in [-0.15, -0.1) is 0 Å². The maximum atomic E-state index is 13.2. The van der Waals surface area contributed by atoms with Crippen molar-refractivity contribution in [2.75, 3.05) is 139 Å². The van der Waals surface area contributed by atoms with Gasteiger partial charge in [0.25, 0.3) is 12.6 Å². The van der Waals surface area contributed by atoms with Gasteiger partial charge in [-0.05, 0) is 33.1 Å². The van der Waals surface area contributed by atoms with Crippen LogP contribution in [-0.2, 0) is 171 Å². The summed E-state index contributed by atoms with van der Waals surface area (Å²) in [7, 11) is 0. The molecule has 11 atom stereocenters. The van der Waals surface area contributed by atoms with Gasteiger partial charge in [0, 0.05) is 128 Å². The Morgan fingerprint density at radius 3 is 1.03 bits per heavy atom. The van der Waals surface area contributed by atoms with E-state index in [1.54, 1.807) is 0 Å². The number of hydrogen-bond acceptors (Lipinski definition) is 37. The van der Waals surface area contributed by atoms with Crippen molar-refractivity contribution in [2.24, 2.45) is 5.73 Å². The summed E-state index contributed by atoms with van der Waals surface area (Å²) in [6.45, 7) is 16.0. The first-order valence-electron chi connectivity index (χ1n) is 36.5.